The van der Waals surface area contributed by atoms with Crippen LogP contribution in [-0.4, -0.2) is 42.3 Å². The van der Waals surface area contributed by atoms with Crippen LogP contribution in [0.3, 0.4) is 0 Å². The lowest BCUT2D eigenvalue weighted by Gasteiger charge is -2.57. The summed E-state index contributed by atoms with van der Waals surface area (Å²) in [7, 11) is 0. The molecule has 4 bridgehead atoms. The number of nitrogens with zero attached hydrogens (tertiary/aromatic N) is 1. The number of carbonyl (C=O) groups is 3. The van der Waals surface area contributed by atoms with E-state index in [1.54, 1.807) is 24.3 Å². The molecule has 1 N–H and O–H groups in total. The zero-order valence-electron chi connectivity index (χ0n) is 19.0. The van der Waals surface area contributed by atoms with E-state index >= 15 is 0 Å². The van der Waals surface area contributed by atoms with Crippen LogP contribution in [0.1, 0.15) is 68.6 Å². The Balaban J connectivity index is 1.11. The van der Waals surface area contributed by atoms with Crippen molar-refractivity contribution in [3.05, 3.63) is 29.8 Å². The van der Waals surface area contributed by atoms with Crippen molar-refractivity contribution in [3.8, 4) is 5.75 Å². The normalized spacial score (nSPS) is 31.4. The van der Waals surface area contributed by atoms with Crippen molar-refractivity contribution in [2.45, 2.75) is 58.3 Å². The standard InChI is InChI=1S/C26H34N2O4/c1-17(29)32-23-4-2-3-22(12-23)24(30)27-16-18-5-7-28(8-6-18)25(31)26-13-19-9-20(14-26)11-21(10-19)15-26/h2-4,12,18-21H,5-11,13-16H2,1H3,(H,27,30). The van der Waals surface area contributed by atoms with Crippen LogP contribution in [0, 0.1) is 29.1 Å². The number of amides is 2. The molecule has 5 fully saturated rings. The average molecular weight is 439 g/mol. The molecule has 0 radical (unpaired) electrons. The highest BCUT2D eigenvalue weighted by atomic mass is 16.5. The molecule has 6 nitrogen and oxygen atoms in total. The van der Waals surface area contributed by atoms with Gasteiger partial charge in [0.1, 0.15) is 5.75 Å². The van der Waals surface area contributed by atoms with Crippen LogP contribution in [0.25, 0.3) is 0 Å². The minimum atomic E-state index is -0.405. The quantitative estimate of drug-likeness (QED) is 0.561. The summed E-state index contributed by atoms with van der Waals surface area (Å²) in [6.07, 6.45) is 9.33. The third-order valence-corrected chi connectivity index (χ3v) is 8.30. The van der Waals surface area contributed by atoms with Gasteiger partial charge in [-0.3, -0.25) is 14.4 Å². The van der Waals surface area contributed by atoms with Gasteiger partial charge in [-0.25, -0.2) is 0 Å². The maximum absolute atomic E-state index is 13.5. The van der Waals surface area contributed by atoms with E-state index in [2.05, 4.69) is 10.2 Å². The molecule has 4 aliphatic carbocycles. The number of rotatable bonds is 5. The lowest BCUT2D eigenvalue weighted by atomic mass is 9.49. The summed E-state index contributed by atoms with van der Waals surface area (Å²) in [5, 5.41) is 3.02. The van der Waals surface area contributed by atoms with Gasteiger partial charge in [-0.1, -0.05) is 6.07 Å². The topological polar surface area (TPSA) is 75.7 Å². The van der Waals surface area contributed by atoms with Crippen LogP contribution in [0.15, 0.2) is 24.3 Å². The molecular formula is C26H34N2O4. The maximum Gasteiger partial charge on any atom is 0.308 e. The third kappa shape index (κ3) is 4.28. The number of benzene rings is 1. The molecule has 1 aromatic rings. The van der Waals surface area contributed by atoms with E-state index in [0.717, 1.165) is 62.9 Å². The second-order valence-electron chi connectivity index (χ2n) is 10.8. The first kappa shape index (κ1) is 21.5. The van der Waals surface area contributed by atoms with Gasteiger partial charge >= 0.3 is 5.97 Å². The van der Waals surface area contributed by atoms with Crippen molar-refractivity contribution in [2.75, 3.05) is 19.6 Å². The third-order valence-electron chi connectivity index (χ3n) is 8.30. The number of hydrogen-bond donors (Lipinski definition) is 1. The zero-order valence-corrected chi connectivity index (χ0v) is 19.0. The number of ether oxygens (including phenoxy) is 1. The van der Waals surface area contributed by atoms with E-state index in [-0.39, 0.29) is 11.3 Å². The fourth-order valence-corrected chi connectivity index (χ4v) is 7.25. The second kappa shape index (κ2) is 8.53. The summed E-state index contributed by atoms with van der Waals surface area (Å²) in [6, 6.07) is 6.68. The van der Waals surface area contributed by atoms with E-state index in [1.807, 2.05) is 0 Å². The molecule has 32 heavy (non-hydrogen) atoms. The minimum Gasteiger partial charge on any atom is -0.427 e. The van der Waals surface area contributed by atoms with Crippen LogP contribution in [0.4, 0.5) is 0 Å². The van der Waals surface area contributed by atoms with E-state index in [9.17, 15) is 14.4 Å². The summed E-state index contributed by atoms with van der Waals surface area (Å²) in [5.41, 5.74) is 0.432. The lowest BCUT2D eigenvalue weighted by molar-refractivity contribution is -0.159. The molecule has 1 aromatic carbocycles. The molecule has 1 aliphatic heterocycles. The van der Waals surface area contributed by atoms with Gasteiger partial charge in [-0.15, -0.1) is 0 Å². The first-order valence-corrected chi connectivity index (χ1v) is 12.3. The molecule has 1 saturated heterocycles. The van der Waals surface area contributed by atoms with Gasteiger partial charge in [-0.05, 0) is 93.2 Å². The van der Waals surface area contributed by atoms with Crippen molar-refractivity contribution in [1.82, 2.24) is 10.2 Å². The van der Waals surface area contributed by atoms with E-state index < -0.39 is 5.97 Å². The first-order valence-electron chi connectivity index (χ1n) is 12.3. The molecule has 0 atom stereocenters. The predicted octanol–water partition coefficient (Wildman–Crippen LogP) is 3.80. The van der Waals surface area contributed by atoms with Crippen LogP contribution in [0.2, 0.25) is 0 Å². The van der Waals surface area contributed by atoms with Crippen LogP contribution < -0.4 is 10.1 Å². The molecule has 172 valence electrons. The lowest BCUT2D eigenvalue weighted by Crippen LogP contribution is -2.56. The van der Waals surface area contributed by atoms with E-state index in [4.69, 9.17) is 4.74 Å². The number of likely N-dealkylation sites (tertiary alicyclic amines) is 1. The van der Waals surface area contributed by atoms with Gasteiger partial charge in [0.2, 0.25) is 5.91 Å². The van der Waals surface area contributed by atoms with Gasteiger partial charge < -0.3 is 15.0 Å². The number of carbonyl (C=O) groups excluding carboxylic acids is 3. The molecule has 0 aromatic heterocycles. The summed E-state index contributed by atoms with van der Waals surface area (Å²) in [6.45, 7) is 3.56. The second-order valence-corrected chi connectivity index (χ2v) is 10.8. The SMILES string of the molecule is CC(=O)Oc1cccc(C(=O)NCC2CCN(C(=O)C34CC5CC(CC(C5)C3)C4)CC2)c1. The van der Waals surface area contributed by atoms with Crippen molar-refractivity contribution >= 4 is 17.8 Å². The maximum atomic E-state index is 13.5. The van der Waals surface area contributed by atoms with Gasteiger partial charge in [0.25, 0.3) is 5.91 Å². The highest BCUT2D eigenvalue weighted by Gasteiger charge is 2.55. The van der Waals surface area contributed by atoms with E-state index in [1.165, 1.54) is 26.2 Å². The Hall–Kier alpha value is -2.37. The molecule has 0 unspecified atom stereocenters. The largest absolute Gasteiger partial charge is 0.427 e. The Kier molecular flexibility index (Phi) is 5.72. The van der Waals surface area contributed by atoms with Crippen molar-refractivity contribution in [2.24, 2.45) is 29.1 Å². The Morgan fingerprint density at radius 1 is 1.03 bits per heavy atom. The van der Waals surface area contributed by atoms with Gasteiger partial charge in [0, 0.05) is 32.1 Å². The molecule has 0 spiro atoms. The summed E-state index contributed by atoms with van der Waals surface area (Å²) < 4.78 is 5.06. The van der Waals surface area contributed by atoms with Crippen molar-refractivity contribution in [1.29, 1.82) is 0 Å². The van der Waals surface area contributed by atoms with Crippen LogP contribution in [0.5, 0.6) is 5.75 Å². The Morgan fingerprint density at radius 2 is 1.66 bits per heavy atom. The molecule has 6 rings (SSSR count). The number of hydrogen-bond acceptors (Lipinski definition) is 4. The fourth-order valence-electron chi connectivity index (χ4n) is 7.25. The van der Waals surface area contributed by atoms with Gasteiger partial charge in [0.05, 0.1) is 5.41 Å². The molecule has 2 amide bonds. The number of esters is 1. The fraction of sp³-hybridized carbons (Fsp3) is 0.654. The summed E-state index contributed by atoms with van der Waals surface area (Å²) in [4.78, 5) is 39.3. The smallest absolute Gasteiger partial charge is 0.308 e. The Labute approximate surface area is 190 Å². The minimum absolute atomic E-state index is 0.0528. The number of piperidine rings is 1. The average Bonchev–Trinajstić information content (AvgIpc) is 2.76. The predicted molar refractivity (Wildman–Crippen MR) is 120 cm³/mol. The zero-order chi connectivity index (χ0) is 22.3. The Morgan fingerprint density at radius 3 is 2.25 bits per heavy atom. The van der Waals surface area contributed by atoms with Gasteiger partial charge in [-0.2, -0.15) is 0 Å². The number of nitrogens with one attached hydrogen (secondary N) is 1. The van der Waals surface area contributed by atoms with Crippen LogP contribution in [-0.2, 0) is 9.59 Å². The highest BCUT2D eigenvalue weighted by molar-refractivity contribution is 5.94. The monoisotopic (exact) mass is 438 g/mol. The van der Waals surface area contributed by atoms with Crippen LogP contribution >= 0.6 is 0 Å². The van der Waals surface area contributed by atoms with Gasteiger partial charge in [0.15, 0.2) is 0 Å². The Bertz CT molecular complexity index is 868. The molecular weight excluding hydrogens is 404 g/mol. The first-order chi connectivity index (χ1) is 15.4. The molecule has 6 heteroatoms. The summed E-state index contributed by atoms with van der Waals surface area (Å²) in [5.74, 6) is 2.99. The molecule has 5 aliphatic rings. The van der Waals surface area contributed by atoms with E-state index in [0.29, 0.717) is 29.7 Å². The molecule has 4 saturated carbocycles. The van der Waals surface area contributed by atoms with Crippen molar-refractivity contribution < 1.29 is 19.1 Å². The summed E-state index contributed by atoms with van der Waals surface area (Å²) >= 11 is 0. The highest BCUT2D eigenvalue weighted by Crippen LogP contribution is 2.60. The molecule has 1 heterocycles. The van der Waals surface area contributed by atoms with Crippen molar-refractivity contribution in [3.63, 3.8) is 0 Å².